The van der Waals surface area contributed by atoms with Crippen LogP contribution in [-0.2, 0) is 6.42 Å². The number of aromatic nitrogens is 2. The molecule has 0 saturated carbocycles. The molecule has 4 nitrogen and oxygen atoms in total. The Labute approximate surface area is 90.4 Å². The molecule has 84 valence electrons. The topological polar surface area (TPSA) is 51.0 Å². The summed E-state index contributed by atoms with van der Waals surface area (Å²) in [4.78, 5) is 4.43. The van der Waals surface area contributed by atoms with Gasteiger partial charge in [-0.3, -0.25) is 0 Å². The van der Waals surface area contributed by atoms with Crippen molar-refractivity contribution < 1.29 is 4.52 Å². The maximum absolute atomic E-state index is 5.28. The number of piperidine rings is 1. The Hall–Kier alpha value is -0.900. The van der Waals surface area contributed by atoms with Gasteiger partial charge in [0.1, 0.15) is 0 Å². The second-order valence-corrected chi connectivity index (χ2v) is 4.15. The van der Waals surface area contributed by atoms with Gasteiger partial charge < -0.3 is 9.84 Å². The van der Waals surface area contributed by atoms with Crippen LogP contribution in [0.3, 0.4) is 0 Å². The van der Waals surface area contributed by atoms with Gasteiger partial charge in [0.05, 0.1) is 6.04 Å². The van der Waals surface area contributed by atoms with Crippen LogP contribution in [0.4, 0.5) is 0 Å². The van der Waals surface area contributed by atoms with Gasteiger partial charge in [-0.25, -0.2) is 0 Å². The van der Waals surface area contributed by atoms with Crippen molar-refractivity contribution in [2.24, 2.45) is 0 Å². The average Bonchev–Trinajstić information content (AvgIpc) is 2.76. The van der Waals surface area contributed by atoms with Crippen molar-refractivity contribution in [2.45, 2.75) is 51.5 Å². The Balaban J connectivity index is 1.93. The molecule has 0 bridgehead atoms. The van der Waals surface area contributed by atoms with Gasteiger partial charge in [-0.1, -0.05) is 24.9 Å². The summed E-state index contributed by atoms with van der Waals surface area (Å²) >= 11 is 0. The van der Waals surface area contributed by atoms with Gasteiger partial charge in [-0.2, -0.15) is 4.98 Å². The molecule has 4 heteroatoms. The fraction of sp³-hybridized carbons (Fsp3) is 0.818. The van der Waals surface area contributed by atoms with Gasteiger partial charge in [0.15, 0.2) is 5.82 Å². The van der Waals surface area contributed by atoms with E-state index in [1.54, 1.807) is 0 Å². The number of unbranched alkanes of at least 4 members (excludes halogenated alkanes) is 1. The van der Waals surface area contributed by atoms with E-state index in [-0.39, 0.29) is 0 Å². The fourth-order valence-corrected chi connectivity index (χ4v) is 1.91. The van der Waals surface area contributed by atoms with Crippen LogP contribution in [-0.4, -0.2) is 16.7 Å². The first-order valence-corrected chi connectivity index (χ1v) is 5.96. The van der Waals surface area contributed by atoms with E-state index in [1.807, 2.05) is 0 Å². The molecule has 1 saturated heterocycles. The lowest BCUT2D eigenvalue weighted by atomic mass is 10.1. The molecule has 0 amide bonds. The highest BCUT2D eigenvalue weighted by molar-refractivity contribution is 4.94. The Morgan fingerprint density at radius 1 is 1.47 bits per heavy atom. The van der Waals surface area contributed by atoms with E-state index in [1.165, 1.54) is 19.3 Å². The number of nitrogens with one attached hydrogen (secondary N) is 1. The number of rotatable bonds is 4. The van der Waals surface area contributed by atoms with Crippen molar-refractivity contribution in [2.75, 3.05) is 6.54 Å². The maximum Gasteiger partial charge on any atom is 0.243 e. The number of aryl methyl sites for hydroxylation is 1. The Bertz CT molecular complexity index is 292. The second-order valence-electron chi connectivity index (χ2n) is 4.15. The third-order valence-electron chi connectivity index (χ3n) is 2.85. The monoisotopic (exact) mass is 209 g/mol. The van der Waals surface area contributed by atoms with Gasteiger partial charge in [-0.05, 0) is 25.8 Å². The molecular formula is C11H19N3O. The molecule has 1 aromatic rings. The van der Waals surface area contributed by atoms with Crippen molar-refractivity contribution in [3.63, 3.8) is 0 Å². The molecule has 1 fully saturated rings. The lowest BCUT2D eigenvalue weighted by Crippen LogP contribution is -2.26. The molecule has 1 atom stereocenters. The van der Waals surface area contributed by atoms with E-state index < -0.39 is 0 Å². The summed E-state index contributed by atoms with van der Waals surface area (Å²) in [7, 11) is 0. The lowest BCUT2D eigenvalue weighted by molar-refractivity contribution is 0.296. The quantitative estimate of drug-likeness (QED) is 0.826. The standard InChI is InChI=1S/C11H19N3O/c1-2-3-7-10-13-11(15-14-10)9-6-4-5-8-12-9/h9,12H,2-8H2,1H3. The normalized spacial score (nSPS) is 21.8. The molecular weight excluding hydrogens is 190 g/mol. The van der Waals surface area contributed by atoms with Gasteiger partial charge in [0, 0.05) is 6.42 Å². The number of hydrogen-bond donors (Lipinski definition) is 1. The van der Waals surface area contributed by atoms with Crippen LogP contribution in [0.15, 0.2) is 4.52 Å². The van der Waals surface area contributed by atoms with E-state index in [0.717, 1.165) is 37.5 Å². The smallest absolute Gasteiger partial charge is 0.243 e. The fourth-order valence-electron chi connectivity index (χ4n) is 1.91. The minimum absolute atomic E-state index is 0.293. The van der Waals surface area contributed by atoms with Crippen molar-refractivity contribution in [1.29, 1.82) is 0 Å². The van der Waals surface area contributed by atoms with Crippen molar-refractivity contribution in [3.05, 3.63) is 11.7 Å². The Kier molecular flexibility index (Phi) is 3.72. The van der Waals surface area contributed by atoms with Crippen LogP contribution in [0.5, 0.6) is 0 Å². The third-order valence-corrected chi connectivity index (χ3v) is 2.85. The molecule has 1 aliphatic heterocycles. The summed E-state index contributed by atoms with van der Waals surface area (Å²) < 4.78 is 5.28. The predicted molar refractivity (Wildman–Crippen MR) is 57.5 cm³/mol. The van der Waals surface area contributed by atoms with E-state index >= 15 is 0 Å². The summed E-state index contributed by atoms with van der Waals surface area (Å²) in [6.07, 6.45) is 6.88. The highest BCUT2D eigenvalue weighted by Crippen LogP contribution is 2.21. The summed E-state index contributed by atoms with van der Waals surface area (Å²) in [5.74, 6) is 1.64. The third kappa shape index (κ3) is 2.78. The average molecular weight is 209 g/mol. The lowest BCUT2D eigenvalue weighted by Gasteiger charge is -2.19. The van der Waals surface area contributed by atoms with Crippen molar-refractivity contribution >= 4 is 0 Å². The van der Waals surface area contributed by atoms with Crippen molar-refractivity contribution in [1.82, 2.24) is 15.5 Å². The highest BCUT2D eigenvalue weighted by atomic mass is 16.5. The highest BCUT2D eigenvalue weighted by Gasteiger charge is 2.20. The molecule has 15 heavy (non-hydrogen) atoms. The zero-order valence-electron chi connectivity index (χ0n) is 9.33. The number of nitrogens with zero attached hydrogens (tertiary/aromatic N) is 2. The van der Waals surface area contributed by atoms with E-state index in [0.29, 0.717) is 6.04 Å². The minimum Gasteiger partial charge on any atom is -0.338 e. The van der Waals surface area contributed by atoms with E-state index in [2.05, 4.69) is 22.4 Å². The van der Waals surface area contributed by atoms with Gasteiger partial charge in [-0.15, -0.1) is 0 Å². The second kappa shape index (κ2) is 5.26. The molecule has 0 aromatic carbocycles. The van der Waals surface area contributed by atoms with E-state index in [4.69, 9.17) is 4.52 Å². The molecule has 2 rings (SSSR count). The zero-order chi connectivity index (χ0) is 10.5. The van der Waals surface area contributed by atoms with Gasteiger partial charge >= 0.3 is 0 Å². The first-order valence-electron chi connectivity index (χ1n) is 5.96. The minimum atomic E-state index is 0.293. The summed E-state index contributed by atoms with van der Waals surface area (Å²) in [5.41, 5.74) is 0. The molecule has 0 radical (unpaired) electrons. The van der Waals surface area contributed by atoms with Gasteiger partial charge in [0.2, 0.25) is 5.89 Å². The summed E-state index contributed by atoms with van der Waals surface area (Å²) in [6, 6.07) is 0.293. The van der Waals surface area contributed by atoms with Gasteiger partial charge in [0.25, 0.3) is 0 Å². The Morgan fingerprint density at radius 3 is 3.13 bits per heavy atom. The molecule has 0 aliphatic carbocycles. The van der Waals surface area contributed by atoms with Crippen LogP contribution in [0.1, 0.15) is 56.8 Å². The largest absolute Gasteiger partial charge is 0.338 e. The van der Waals surface area contributed by atoms with E-state index in [9.17, 15) is 0 Å². The Morgan fingerprint density at radius 2 is 2.40 bits per heavy atom. The van der Waals surface area contributed by atoms with Crippen LogP contribution in [0, 0.1) is 0 Å². The molecule has 1 aromatic heterocycles. The van der Waals surface area contributed by atoms with Crippen LogP contribution in [0.2, 0.25) is 0 Å². The first-order chi connectivity index (χ1) is 7.40. The maximum atomic E-state index is 5.28. The predicted octanol–water partition coefficient (Wildman–Crippen LogP) is 2.23. The molecule has 1 N–H and O–H groups in total. The summed E-state index contributed by atoms with van der Waals surface area (Å²) in [5, 5.41) is 7.41. The van der Waals surface area contributed by atoms with Crippen molar-refractivity contribution in [3.8, 4) is 0 Å². The number of hydrogen-bond acceptors (Lipinski definition) is 4. The SMILES string of the molecule is CCCCc1noc(C2CCCCN2)n1. The zero-order valence-corrected chi connectivity index (χ0v) is 9.33. The van der Waals surface area contributed by atoms with Crippen LogP contribution >= 0.6 is 0 Å². The first kappa shape index (κ1) is 10.6. The molecule has 2 heterocycles. The van der Waals surface area contributed by atoms with Crippen LogP contribution < -0.4 is 5.32 Å². The molecule has 0 spiro atoms. The molecule has 1 unspecified atom stereocenters. The van der Waals surface area contributed by atoms with Crippen LogP contribution in [0.25, 0.3) is 0 Å². The molecule has 1 aliphatic rings. The summed E-state index contributed by atoms with van der Waals surface area (Å²) in [6.45, 7) is 3.24.